The molecular weight excluding hydrogens is 831 g/mol. The van der Waals surface area contributed by atoms with Gasteiger partial charge in [-0.1, -0.05) is 24.3 Å². The van der Waals surface area contributed by atoms with Crippen LogP contribution in [0, 0.1) is 6.92 Å². The molecule has 3 fully saturated rings. The number of aryl methyl sites for hydroxylation is 1. The molecule has 1 atom stereocenters. The first-order valence-electron chi connectivity index (χ1n) is 20.1. The average Bonchev–Trinajstić information content (AvgIpc) is 3.22. The van der Waals surface area contributed by atoms with Crippen LogP contribution >= 0.6 is 23.1 Å². The summed E-state index contributed by atoms with van der Waals surface area (Å²) in [5.41, 5.74) is 7.16. The first-order valence-corrected chi connectivity index (χ1v) is 23.5. The predicted octanol–water partition coefficient (Wildman–Crippen LogP) is 6.54. The molecule has 3 N–H and O–H groups in total. The smallest absolute Gasteiger partial charge is 0.234 e. The van der Waals surface area contributed by atoms with E-state index in [4.69, 9.17) is 9.72 Å². The maximum absolute atomic E-state index is 13.5. The maximum Gasteiger partial charge on any atom is 0.234 e. The van der Waals surface area contributed by atoms with E-state index in [1.54, 1.807) is 39.0 Å². The molecule has 14 nitrogen and oxygen atoms in total. The van der Waals surface area contributed by atoms with E-state index in [0.717, 1.165) is 81.2 Å². The second kappa shape index (κ2) is 17.3. The lowest BCUT2D eigenvalue weighted by molar-refractivity contribution is -0.134. The van der Waals surface area contributed by atoms with Crippen molar-refractivity contribution in [1.82, 2.24) is 35.1 Å². The molecule has 1 unspecified atom stereocenters. The third-order valence-electron chi connectivity index (χ3n) is 11.6. The van der Waals surface area contributed by atoms with Gasteiger partial charge >= 0.3 is 0 Å². The van der Waals surface area contributed by atoms with Gasteiger partial charge in [-0.15, -0.1) is 0 Å². The maximum atomic E-state index is 13.5. The van der Waals surface area contributed by atoms with Crippen molar-refractivity contribution in [3.05, 3.63) is 88.3 Å². The zero-order valence-electron chi connectivity index (χ0n) is 33.9. The molecule has 16 heteroatoms. The number of fused-ring (bicyclic) bond motifs is 1. The molecule has 5 aromatic rings. The summed E-state index contributed by atoms with van der Waals surface area (Å²) in [6.07, 6.45) is 8.06. The number of hydrogen-bond donors (Lipinski definition) is 3. The number of carbonyl (C=O) groups excluding carboxylic acids is 2. The summed E-state index contributed by atoms with van der Waals surface area (Å²) in [5, 5.41) is 9.85. The molecular formula is C43H50BrN10O4P. The lowest BCUT2D eigenvalue weighted by Crippen LogP contribution is -2.53. The van der Waals surface area contributed by atoms with Gasteiger partial charge in [0.1, 0.15) is 24.2 Å². The topological polar surface area (TPSA) is 158 Å². The van der Waals surface area contributed by atoms with Crippen molar-refractivity contribution >= 4 is 80.1 Å². The molecule has 0 aliphatic carbocycles. The fraction of sp³-hybridized carbons (Fsp3) is 0.395. The van der Waals surface area contributed by atoms with E-state index in [-0.39, 0.29) is 17.7 Å². The molecule has 308 valence electrons. The van der Waals surface area contributed by atoms with Crippen LogP contribution in [0.3, 0.4) is 0 Å². The Balaban J connectivity index is 0.877. The van der Waals surface area contributed by atoms with Gasteiger partial charge in [-0.3, -0.25) is 34.7 Å². The number of carbonyl (C=O) groups is 2. The Hall–Kier alpha value is -4.95. The van der Waals surface area contributed by atoms with Crippen molar-refractivity contribution in [1.29, 1.82) is 0 Å². The van der Waals surface area contributed by atoms with Crippen LogP contribution in [0.4, 0.5) is 28.8 Å². The quantitative estimate of drug-likeness (QED) is 0.0972. The second-order valence-electron chi connectivity index (χ2n) is 16.0. The van der Waals surface area contributed by atoms with Gasteiger partial charge in [-0.05, 0) is 90.3 Å². The fourth-order valence-corrected chi connectivity index (χ4v) is 10.3. The highest BCUT2D eigenvalue weighted by molar-refractivity contribution is 9.10. The molecule has 0 spiro atoms. The lowest BCUT2D eigenvalue weighted by Gasteiger charge is -2.43. The molecule has 3 aromatic carbocycles. The van der Waals surface area contributed by atoms with E-state index in [0.29, 0.717) is 62.9 Å². The largest absolute Gasteiger partial charge is 0.494 e. The van der Waals surface area contributed by atoms with E-state index in [9.17, 15) is 14.2 Å². The summed E-state index contributed by atoms with van der Waals surface area (Å²) in [6.45, 7) is 12.4. The van der Waals surface area contributed by atoms with Gasteiger partial charge in [0.2, 0.25) is 17.8 Å². The van der Waals surface area contributed by atoms with Crippen LogP contribution < -0.4 is 30.9 Å². The van der Waals surface area contributed by atoms with Crippen LogP contribution in [-0.4, -0.2) is 107 Å². The molecule has 0 bridgehead atoms. The third-order valence-corrected chi connectivity index (χ3v) is 13.8. The summed E-state index contributed by atoms with van der Waals surface area (Å²) >= 11 is 3.59. The Morgan fingerprint density at radius 3 is 2.44 bits per heavy atom. The van der Waals surface area contributed by atoms with E-state index >= 15 is 0 Å². The van der Waals surface area contributed by atoms with Crippen LogP contribution in [0.15, 0.2) is 71.6 Å². The van der Waals surface area contributed by atoms with Crippen LogP contribution in [0.5, 0.6) is 5.75 Å². The molecule has 0 radical (unpaired) electrons. The minimum Gasteiger partial charge on any atom is -0.494 e. The number of aromatic nitrogens is 4. The van der Waals surface area contributed by atoms with E-state index in [1.807, 2.05) is 24.3 Å². The van der Waals surface area contributed by atoms with Crippen molar-refractivity contribution in [3.8, 4) is 5.75 Å². The fourth-order valence-electron chi connectivity index (χ4n) is 8.65. The Morgan fingerprint density at radius 2 is 1.69 bits per heavy atom. The van der Waals surface area contributed by atoms with Crippen molar-refractivity contribution in [2.75, 3.05) is 75.2 Å². The summed E-state index contributed by atoms with van der Waals surface area (Å²) in [4.78, 5) is 49.9. The number of ether oxygens (including phenoxy) is 1. The summed E-state index contributed by atoms with van der Waals surface area (Å²) in [7, 11) is -1.09. The number of hydrogen-bond acceptors (Lipinski definition) is 13. The molecule has 8 rings (SSSR count). The van der Waals surface area contributed by atoms with Gasteiger partial charge in [0.15, 0.2) is 0 Å². The number of piperazine rings is 1. The van der Waals surface area contributed by atoms with Gasteiger partial charge < -0.3 is 24.8 Å². The molecule has 2 amide bonds. The van der Waals surface area contributed by atoms with Gasteiger partial charge in [0.05, 0.1) is 39.7 Å². The number of nitrogens with one attached hydrogen (secondary N) is 3. The Bertz CT molecular complexity index is 2430. The number of rotatable bonds is 11. The van der Waals surface area contributed by atoms with Crippen molar-refractivity contribution in [3.63, 3.8) is 0 Å². The predicted molar refractivity (Wildman–Crippen MR) is 236 cm³/mol. The normalized spacial score (nSPS) is 18.5. The monoisotopic (exact) mass is 880 g/mol. The zero-order chi connectivity index (χ0) is 41.3. The molecule has 0 saturated carbocycles. The Labute approximate surface area is 353 Å². The van der Waals surface area contributed by atoms with E-state index < -0.39 is 7.14 Å². The van der Waals surface area contributed by atoms with Crippen LogP contribution in [0.25, 0.3) is 11.0 Å². The lowest BCUT2D eigenvalue weighted by atomic mass is 9.89. The molecule has 5 heterocycles. The minimum absolute atomic E-state index is 0.181. The Kier molecular flexibility index (Phi) is 12.0. The number of halogens is 1. The number of anilines is 5. The van der Waals surface area contributed by atoms with Crippen molar-refractivity contribution in [2.45, 2.75) is 51.1 Å². The van der Waals surface area contributed by atoms with E-state index in [1.165, 1.54) is 5.56 Å². The van der Waals surface area contributed by atoms with Crippen LogP contribution in [-0.2, 0) is 20.7 Å². The first kappa shape index (κ1) is 40.8. The minimum atomic E-state index is -2.76. The average molecular weight is 882 g/mol. The number of methoxy groups -OCH3 is 1. The molecule has 3 saturated heterocycles. The van der Waals surface area contributed by atoms with Gasteiger partial charge in [0, 0.05) is 88.6 Å². The van der Waals surface area contributed by atoms with Gasteiger partial charge in [-0.25, -0.2) is 4.98 Å². The highest BCUT2D eigenvalue weighted by Gasteiger charge is 2.30. The Morgan fingerprint density at radius 1 is 0.915 bits per heavy atom. The number of benzene rings is 3. The SMILES string of the molecule is COc1cc(N2CCC(N3CCN(Cc4cccc(C5CCC(=O)NC5=O)c4)CC3)CC2)c(C)cc1Nc1ncc(Br)c(Nc2ccc3nccnc3c2P(C)(C)=O)n1. The molecule has 3 aliphatic heterocycles. The highest BCUT2D eigenvalue weighted by atomic mass is 79.9. The van der Waals surface area contributed by atoms with Crippen molar-refractivity contribution < 1.29 is 18.9 Å². The first-order chi connectivity index (χ1) is 28.4. The third kappa shape index (κ3) is 9.13. The zero-order valence-corrected chi connectivity index (χ0v) is 36.4. The van der Waals surface area contributed by atoms with Crippen LogP contribution in [0.1, 0.15) is 48.3 Å². The molecule has 59 heavy (non-hydrogen) atoms. The van der Waals surface area contributed by atoms with Gasteiger partial charge in [0.25, 0.3) is 0 Å². The van der Waals surface area contributed by atoms with Crippen LogP contribution in [0.2, 0.25) is 0 Å². The summed E-state index contributed by atoms with van der Waals surface area (Å²) < 4.78 is 20.0. The van der Waals surface area contributed by atoms with E-state index in [2.05, 4.69) is 92.7 Å². The molecule has 2 aromatic heterocycles. The number of imide groups is 1. The van der Waals surface area contributed by atoms with Gasteiger partial charge in [-0.2, -0.15) is 4.98 Å². The van der Waals surface area contributed by atoms with Crippen molar-refractivity contribution in [2.24, 2.45) is 0 Å². The highest BCUT2D eigenvalue weighted by Crippen LogP contribution is 2.42. The number of amides is 2. The standard InChI is InChI=1S/C43H50BrN10O4P/c1-27-22-35(49-43-47-25-32(44)41(51-43)48-34-10-9-33-39(46-15-14-45-33)40(34)59(3,4)57)37(58-2)24-36(27)54-16-12-30(13-17-54)53-20-18-52(19-21-53)26-28-6-5-7-29(23-28)31-8-11-38(55)50-42(31)56/h5-7,9-10,14-15,22-25,30-31H,8,11-13,16-21,26H2,1-4H3,(H,50,55,56)(H2,47,48,49,51). The molecule has 3 aliphatic rings. The number of piperidine rings is 2. The summed E-state index contributed by atoms with van der Waals surface area (Å²) in [5.74, 6) is 0.955. The number of nitrogens with zero attached hydrogens (tertiary/aromatic N) is 7. The second-order valence-corrected chi connectivity index (χ2v) is 20.0. The summed E-state index contributed by atoms with van der Waals surface area (Å²) in [6, 6.07) is 16.8.